The number of para-hydroxylation sites is 1. The minimum absolute atomic E-state index is 0.00484. The molecule has 0 bridgehead atoms. The Kier molecular flexibility index (Phi) is 7.73. The van der Waals surface area contributed by atoms with Gasteiger partial charge in [-0.2, -0.15) is 0 Å². The van der Waals surface area contributed by atoms with E-state index in [1.165, 1.54) is 4.90 Å². The normalized spacial score (nSPS) is 24.5. The van der Waals surface area contributed by atoms with Crippen molar-refractivity contribution < 1.29 is 37.3 Å². The van der Waals surface area contributed by atoms with Gasteiger partial charge in [0.2, 0.25) is 5.88 Å². The topological polar surface area (TPSA) is 123 Å². The largest absolute Gasteiger partial charge is 0.480 e. The van der Waals surface area contributed by atoms with Gasteiger partial charge in [-0.15, -0.1) is 0 Å². The number of hydrogen-bond donors (Lipinski definition) is 1. The summed E-state index contributed by atoms with van der Waals surface area (Å²) in [6, 6.07) is 5.59. The van der Waals surface area contributed by atoms with Crippen LogP contribution in [0.15, 0.2) is 56.4 Å². The second-order valence-electron chi connectivity index (χ2n) is 10.8. The predicted molar refractivity (Wildman–Crippen MR) is 154 cm³/mol. The van der Waals surface area contributed by atoms with Crippen molar-refractivity contribution in [2.75, 3.05) is 37.8 Å². The van der Waals surface area contributed by atoms with E-state index in [0.29, 0.717) is 48.1 Å². The lowest BCUT2D eigenvalue weighted by molar-refractivity contribution is -0.255. The van der Waals surface area contributed by atoms with Gasteiger partial charge in [-0.3, -0.25) is 0 Å². The van der Waals surface area contributed by atoms with E-state index in [9.17, 15) is 18.7 Å². The quantitative estimate of drug-likeness (QED) is 0.213. The summed E-state index contributed by atoms with van der Waals surface area (Å²) in [7, 11) is 0. The van der Waals surface area contributed by atoms with Gasteiger partial charge >= 0.3 is 5.97 Å². The van der Waals surface area contributed by atoms with Crippen molar-refractivity contribution in [3.05, 3.63) is 52.8 Å². The molecule has 2 aromatic heterocycles. The van der Waals surface area contributed by atoms with Gasteiger partial charge in [-0.25, -0.2) is 28.5 Å². The third-order valence-electron chi connectivity index (χ3n) is 8.16. The zero-order valence-corrected chi connectivity index (χ0v) is 24.3. The smallest absolute Gasteiger partial charge is 0.326 e. The molecule has 3 aliphatic heterocycles. The zero-order chi connectivity index (χ0) is 30.5. The molecule has 1 spiro atoms. The average molecular weight is 618 g/mol. The third-order valence-corrected chi connectivity index (χ3v) is 8.27. The minimum Gasteiger partial charge on any atom is -0.480 e. The zero-order valence-electron chi connectivity index (χ0n) is 23.5. The Morgan fingerprint density at radius 3 is 2.74 bits per heavy atom. The number of anilines is 1. The van der Waals surface area contributed by atoms with Crippen LogP contribution in [0.5, 0.6) is 0 Å². The fourth-order valence-corrected chi connectivity index (χ4v) is 6.03. The van der Waals surface area contributed by atoms with E-state index in [1.54, 1.807) is 37.3 Å². The van der Waals surface area contributed by atoms with Crippen LogP contribution < -0.4 is 4.90 Å². The molecule has 3 fully saturated rings. The Labute approximate surface area is 250 Å². The molecule has 6 rings (SSSR count). The lowest BCUT2D eigenvalue weighted by atomic mass is 9.90. The molecule has 3 aromatic rings. The van der Waals surface area contributed by atoms with Crippen LogP contribution in [0.2, 0.25) is 0 Å². The number of carbonyl (C=O) groups is 1. The average Bonchev–Trinajstić information content (AvgIpc) is 3.55. The number of morpholine rings is 1. The van der Waals surface area contributed by atoms with E-state index in [0.717, 1.165) is 0 Å². The van der Waals surface area contributed by atoms with Crippen molar-refractivity contribution in [2.45, 2.75) is 50.5 Å². The number of alkyl halides is 2. The first-order chi connectivity index (χ1) is 20.6. The molecule has 228 valence electrons. The van der Waals surface area contributed by atoms with Gasteiger partial charge in [0, 0.05) is 23.4 Å². The number of fused-ring (bicyclic) bond motifs is 3. The van der Waals surface area contributed by atoms with E-state index in [4.69, 9.17) is 30.2 Å². The number of rotatable bonds is 8. The van der Waals surface area contributed by atoms with Crippen LogP contribution in [-0.4, -0.2) is 89.4 Å². The molecule has 11 nitrogen and oxygen atoms in total. The Hall–Kier alpha value is -3.81. The summed E-state index contributed by atoms with van der Waals surface area (Å²) < 4.78 is 51.7. The number of furan rings is 1. The molecule has 1 aromatic carbocycles. The first-order valence-corrected chi connectivity index (χ1v) is 14.2. The molecule has 1 N–H and O–H groups in total. The first-order valence-electron chi connectivity index (χ1n) is 13.8. The number of aliphatic carboxylic acids is 1. The van der Waals surface area contributed by atoms with Crippen LogP contribution in [0.25, 0.3) is 22.1 Å². The highest BCUT2D eigenvalue weighted by Gasteiger charge is 2.50. The van der Waals surface area contributed by atoms with Crippen LogP contribution in [0.3, 0.4) is 0 Å². The maximum Gasteiger partial charge on any atom is 0.326 e. The highest BCUT2D eigenvalue weighted by atomic mass is 35.5. The van der Waals surface area contributed by atoms with Gasteiger partial charge in [-0.1, -0.05) is 23.7 Å². The van der Waals surface area contributed by atoms with Crippen molar-refractivity contribution in [3.63, 3.8) is 0 Å². The van der Waals surface area contributed by atoms with Crippen LogP contribution in [-0.2, 0) is 19.0 Å². The van der Waals surface area contributed by atoms with Crippen molar-refractivity contribution in [1.82, 2.24) is 14.9 Å². The SMILES string of the molecule is C=N/C(O[C@H]1C[C@@H](C(=O)O)N(c2nc(C(F)F)nc3c2oc2ccccc23)C1)=C(\C=C(/C)Cl)N1CCOC2(COC2)[C@@H]1C. The molecule has 0 aliphatic carbocycles. The van der Waals surface area contributed by atoms with Crippen LogP contribution in [0.4, 0.5) is 14.6 Å². The Morgan fingerprint density at radius 2 is 2.09 bits per heavy atom. The molecular weight excluding hydrogens is 588 g/mol. The van der Waals surface area contributed by atoms with Gasteiger partial charge in [-0.05, 0) is 38.8 Å². The number of carboxylic acids is 1. The van der Waals surface area contributed by atoms with E-state index in [2.05, 4.69) is 26.6 Å². The summed E-state index contributed by atoms with van der Waals surface area (Å²) in [6.07, 6.45) is -1.97. The number of aromatic nitrogens is 2. The molecule has 3 atom stereocenters. The standard InChI is InChI=1S/C29H30ClF2N5O6/c1-15(30)10-19(36-8-9-41-29(16(36)2)13-40-14-29)27(33-3)42-17-11-20(28(38)39)37(12-17)26-23-22(34-25(35-26)24(31)32)18-6-4-5-7-21(18)43-23/h4-7,10,16-17,20,24H,3,8-9,11-14H2,1-2H3,(H,38,39)/b15-10+,27-19-/t16-,17-,20-/m0/s1. The summed E-state index contributed by atoms with van der Waals surface area (Å²) in [5, 5.41) is 11.2. The van der Waals surface area contributed by atoms with Crippen molar-refractivity contribution >= 4 is 52.2 Å². The number of hydrogen-bond acceptors (Lipinski definition) is 10. The molecule has 14 heteroatoms. The number of nitrogens with zero attached hydrogens (tertiary/aromatic N) is 5. The lowest BCUT2D eigenvalue weighted by Gasteiger charge is -2.53. The maximum atomic E-state index is 13.9. The number of ether oxygens (including phenoxy) is 3. The van der Waals surface area contributed by atoms with Crippen molar-refractivity contribution in [2.24, 2.45) is 4.99 Å². The van der Waals surface area contributed by atoms with Gasteiger partial charge in [0.15, 0.2) is 17.2 Å². The number of carboxylic acid groups (broad SMARTS) is 1. The molecule has 0 radical (unpaired) electrons. The molecule has 0 amide bonds. The molecule has 3 aliphatic rings. The molecule has 0 saturated carbocycles. The third kappa shape index (κ3) is 5.19. The molecule has 43 heavy (non-hydrogen) atoms. The van der Waals surface area contributed by atoms with Gasteiger partial charge < -0.3 is 33.5 Å². The van der Waals surface area contributed by atoms with Crippen molar-refractivity contribution in [3.8, 4) is 0 Å². The van der Waals surface area contributed by atoms with Gasteiger partial charge in [0.1, 0.15) is 34.5 Å². The maximum absolute atomic E-state index is 13.9. The van der Waals surface area contributed by atoms with Gasteiger partial charge in [0.05, 0.1) is 32.4 Å². The highest BCUT2D eigenvalue weighted by Crippen LogP contribution is 2.39. The Bertz CT molecular complexity index is 1640. The van der Waals surface area contributed by atoms with E-state index in [-0.39, 0.29) is 41.8 Å². The minimum atomic E-state index is -2.98. The summed E-state index contributed by atoms with van der Waals surface area (Å²) in [4.78, 5) is 28.2. The summed E-state index contributed by atoms with van der Waals surface area (Å²) in [6.45, 7) is 9.33. The molecular formula is C29H30ClF2N5O6. The highest BCUT2D eigenvalue weighted by molar-refractivity contribution is 6.29. The molecule has 3 saturated heterocycles. The van der Waals surface area contributed by atoms with Crippen molar-refractivity contribution in [1.29, 1.82) is 0 Å². The first kappa shape index (κ1) is 29.3. The van der Waals surface area contributed by atoms with Crippen LogP contribution in [0, 0.1) is 0 Å². The van der Waals surface area contributed by atoms with E-state index < -0.39 is 36.0 Å². The molecule has 0 unspecified atom stereocenters. The van der Waals surface area contributed by atoms with E-state index in [1.807, 2.05) is 6.92 Å². The molecule has 5 heterocycles. The second-order valence-corrected chi connectivity index (χ2v) is 11.4. The number of halogens is 3. The van der Waals surface area contributed by atoms with Crippen LogP contribution >= 0.6 is 11.6 Å². The van der Waals surface area contributed by atoms with Crippen LogP contribution in [0.1, 0.15) is 32.5 Å². The second kappa shape index (κ2) is 11.4. The van der Waals surface area contributed by atoms with E-state index >= 15 is 0 Å². The number of allylic oxidation sites excluding steroid dienone is 2. The predicted octanol–water partition coefficient (Wildman–Crippen LogP) is 4.86. The fraction of sp³-hybridized carbons (Fsp3) is 0.448. The summed E-state index contributed by atoms with van der Waals surface area (Å²) in [5.74, 6) is -1.78. The lowest BCUT2D eigenvalue weighted by Crippen LogP contribution is -2.67. The number of aliphatic imine (C=N–C) groups is 1. The number of benzene rings is 1. The monoisotopic (exact) mass is 617 g/mol. The Balaban J connectivity index is 1.38. The fourth-order valence-electron chi connectivity index (χ4n) is 5.93. The Morgan fingerprint density at radius 1 is 1.33 bits per heavy atom. The summed E-state index contributed by atoms with van der Waals surface area (Å²) in [5.41, 5.74) is 0.804. The summed E-state index contributed by atoms with van der Waals surface area (Å²) >= 11 is 6.33. The van der Waals surface area contributed by atoms with Gasteiger partial charge in [0.25, 0.3) is 6.43 Å².